The van der Waals surface area contributed by atoms with Gasteiger partial charge in [0.2, 0.25) is 11.8 Å². The Hall–Kier alpha value is -3.35. The Morgan fingerprint density at radius 1 is 0.962 bits per heavy atom. The van der Waals surface area contributed by atoms with Gasteiger partial charge in [-0.1, -0.05) is 18.2 Å². The molecule has 0 saturated carbocycles. The molecule has 0 spiro atoms. The molecule has 2 aromatic carbocycles. The third-order valence-electron chi connectivity index (χ3n) is 3.99. The normalized spacial score (nSPS) is 16.3. The van der Waals surface area contributed by atoms with Gasteiger partial charge in [0, 0.05) is 37.0 Å². The summed E-state index contributed by atoms with van der Waals surface area (Å²) < 4.78 is 0. The quantitative estimate of drug-likeness (QED) is 0.790. The van der Waals surface area contributed by atoms with E-state index in [1.165, 1.54) is 6.92 Å². The Morgan fingerprint density at radius 3 is 2.19 bits per heavy atom. The highest BCUT2D eigenvalue weighted by molar-refractivity contribution is 5.97. The number of rotatable bonds is 4. The molecule has 3 rings (SSSR count). The van der Waals surface area contributed by atoms with Crippen molar-refractivity contribution < 1.29 is 14.4 Å². The highest BCUT2D eigenvalue weighted by atomic mass is 16.2. The van der Waals surface area contributed by atoms with Gasteiger partial charge < -0.3 is 20.9 Å². The minimum Gasteiger partial charge on any atom is -0.333 e. The van der Waals surface area contributed by atoms with E-state index in [9.17, 15) is 14.4 Å². The van der Waals surface area contributed by atoms with E-state index in [-0.39, 0.29) is 30.3 Å². The first-order valence-corrected chi connectivity index (χ1v) is 8.32. The molecule has 0 aliphatic carbocycles. The molecule has 26 heavy (non-hydrogen) atoms. The zero-order chi connectivity index (χ0) is 18.5. The largest absolute Gasteiger partial charge is 0.333 e. The van der Waals surface area contributed by atoms with Crippen molar-refractivity contribution in [3.63, 3.8) is 0 Å². The zero-order valence-electron chi connectivity index (χ0n) is 14.4. The molecule has 0 aromatic heterocycles. The number of anilines is 3. The molecule has 1 unspecified atom stereocenters. The fourth-order valence-corrected chi connectivity index (χ4v) is 2.85. The van der Waals surface area contributed by atoms with Crippen LogP contribution in [0, 0.1) is 0 Å². The van der Waals surface area contributed by atoms with Crippen LogP contribution in [0.2, 0.25) is 0 Å². The topological polar surface area (TPSA) is 90.5 Å². The predicted molar refractivity (Wildman–Crippen MR) is 100 cm³/mol. The fraction of sp³-hybridized carbons (Fsp3) is 0.211. The first kappa shape index (κ1) is 17.5. The maximum absolute atomic E-state index is 12.2. The second-order valence-corrected chi connectivity index (χ2v) is 6.10. The van der Waals surface area contributed by atoms with Crippen molar-refractivity contribution in [3.05, 3.63) is 54.6 Å². The van der Waals surface area contributed by atoms with Gasteiger partial charge in [0.25, 0.3) is 0 Å². The van der Waals surface area contributed by atoms with Crippen molar-refractivity contribution in [2.24, 2.45) is 0 Å². The van der Waals surface area contributed by atoms with Gasteiger partial charge in [0.15, 0.2) is 0 Å². The average Bonchev–Trinajstić information content (AvgIpc) is 2.97. The number of urea groups is 1. The summed E-state index contributed by atoms with van der Waals surface area (Å²) in [6.07, 6.45) is 0.268. The molecule has 1 fully saturated rings. The number of carbonyl (C=O) groups excluding carboxylic acids is 3. The molecular formula is C19H20N4O3. The van der Waals surface area contributed by atoms with E-state index >= 15 is 0 Å². The number of hydrogen-bond donors (Lipinski definition) is 3. The van der Waals surface area contributed by atoms with Gasteiger partial charge in [0.05, 0.1) is 6.04 Å². The van der Waals surface area contributed by atoms with Crippen LogP contribution in [0.15, 0.2) is 54.6 Å². The second kappa shape index (κ2) is 7.69. The molecule has 7 nitrogen and oxygen atoms in total. The third kappa shape index (κ3) is 4.38. The molecule has 1 heterocycles. The molecule has 0 bridgehead atoms. The molecule has 1 aliphatic rings. The molecule has 2 aromatic rings. The predicted octanol–water partition coefficient (Wildman–Crippen LogP) is 2.57. The van der Waals surface area contributed by atoms with Crippen molar-refractivity contribution >= 4 is 34.9 Å². The summed E-state index contributed by atoms with van der Waals surface area (Å²) in [5.41, 5.74) is 2.08. The standard InChI is InChI=1S/C19H20N4O3/c1-13(24)20-14-7-9-15(10-8-14)21-19(26)22-16-11-18(25)23(12-16)17-5-3-2-4-6-17/h2-10,16H,11-12H2,1H3,(H,20,24)(H2,21,22,26). The van der Waals surface area contributed by atoms with Gasteiger partial charge in [-0.25, -0.2) is 4.79 Å². The number of nitrogens with zero attached hydrogens (tertiary/aromatic N) is 1. The minimum atomic E-state index is -0.370. The van der Waals surface area contributed by atoms with Gasteiger partial charge in [0.1, 0.15) is 0 Å². The maximum atomic E-state index is 12.2. The van der Waals surface area contributed by atoms with Gasteiger partial charge in [-0.2, -0.15) is 0 Å². The summed E-state index contributed by atoms with van der Waals surface area (Å²) in [6, 6.07) is 15.6. The molecular weight excluding hydrogens is 332 g/mol. The van der Waals surface area contributed by atoms with E-state index in [4.69, 9.17) is 0 Å². The Bertz CT molecular complexity index is 805. The Labute approximate surface area is 151 Å². The van der Waals surface area contributed by atoms with E-state index in [1.54, 1.807) is 29.2 Å². The molecule has 1 aliphatic heterocycles. The lowest BCUT2D eigenvalue weighted by atomic mass is 10.2. The summed E-state index contributed by atoms with van der Waals surface area (Å²) in [7, 11) is 0. The molecule has 1 saturated heterocycles. The summed E-state index contributed by atoms with van der Waals surface area (Å²) in [4.78, 5) is 37.0. The number of amides is 4. The number of hydrogen-bond acceptors (Lipinski definition) is 3. The minimum absolute atomic E-state index is 0.0128. The molecule has 0 radical (unpaired) electrons. The molecule has 3 N–H and O–H groups in total. The van der Waals surface area contributed by atoms with Crippen molar-refractivity contribution in [2.45, 2.75) is 19.4 Å². The molecule has 134 valence electrons. The number of para-hydroxylation sites is 1. The number of nitrogens with one attached hydrogen (secondary N) is 3. The smallest absolute Gasteiger partial charge is 0.319 e. The zero-order valence-corrected chi connectivity index (χ0v) is 14.4. The SMILES string of the molecule is CC(=O)Nc1ccc(NC(=O)NC2CC(=O)N(c3ccccc3)C2)cc1. The first-order valence-electron chi connectivity index (χ1n) is 8.32. The van der Waals surface area contributed by atoms with Gasteiger partial charge in [-0.15, -0.1) is 0 Å². The Morgan fingerprint density at radius 2 is 1.58 bits per heavy atom. The first-order chi connectivity index (χ1) is 12.5. The Balaban J connectivity index is 1.54. The van der Waals surface area contributed by atoms with Crippen LogP contribution in [0.3, 0.4) is 0 Å². The van der Waals surface area contributed by atoms with Gasteiger partial charge >= 0.3 is 6.03 Å². The van der Waals surface area contributed by atoms with Crippen molar-refractivity contribution in [1.82, 2.24) is 5.32 Å². The molecule has 1 atom stereocenters. The lowest BCUT2D eigenvalue weighted by molar-refractivity contribution is -0.117. The van der Waals surface area contributed by atoms with Crippen LogP contribution in [0.4, 0.5) is 21.9 Å². The van der Waals surface area contributed by atoms with Crippen LogP contribution >= 0.6 is 0 Å². The van der Waals surface area contributed by atoms with Gasteiger partial charge in [-0.3, -0.25) is 9.59 Å². The molecule has 7 heteroatoms. The van der Waals surface area contributed by atoms with E-state index in [1.807, 2.05) is 30.3 Å². The fourth-order valence-electron chi connectivity index (χ4n) is 2.85. The van der Waals surface area contributed by atoms with Crippen LogP contribution < -0.4 is 20.9 Å². The lowest BCUT2D eigenvalue weighted by Gasteiger charge is -2.17. The van der Waals surface area contributed by atoms with Crippen molar-refractivity contribution in [3.8, 4) is 0 Å². The number of benzene rings is 2. The van der Waals surface area contributed by atoms with E-state index < -0.39 is 0 Å². The summed E-state index contributed by atoms with van der Waals surface area (Å²) in [6.45, 7) is 1.87. The van der Waals surface area contributed by atoms with Crippen molar-refractivity contribution in [1.29, 1.82) is 0 Å². The highest BCUT2D eigenvalue weighted by Crippen LogP contribution is 2.21. The summed E-state index contributed by atoms with van der Waals surface area (Å²) >= 11 is 0. The van der Waals surface area contributed by atoms with E-state index in [0.29, 0.717) is 17.9 Å². The van der Waals surface area contributed by atoms with E-state index in [0.717, 1.165) is 5.69 Å². The summed E-state index contributed by atoms with van der Waals surface area (Å²) in [5, 5.41) is 8.21. The van der Waals surface area contributed by atoms with Crippen molar-refractivity contribution in [2.75, 3.05) is 22.1 Å². The highest BCUT2D eigenvalue weighted by Gasteiger charge is 2.31. The third-order valence-corrected chi connectivity index (χ3v) is 3.99. The van der Waals surface area contributed by atoms with Crippen LogP contribution in [-0.4, -0.2) is 30.4 Å². The van der Waals surface area contributed by atoms with Crippen LogP contribution in [0.1, 0.15) is 13.3 Å². The van der Waals surface area contributed by atoms with Crippen LogP contribution in [0.25, 0.3) is 0 Å². The Kier molecular flexibility index (Phi) is 5.17. The maximum Gasteiger partial charge on any atom is 0.319 e. The van der Waals surface area contributed by atoms with Gasteiger partial charge in [-0.05, 0) is 36.4 Å². The summed E-state index contributed by atoms with van der Waals surface area (Å²) in [5.74, 6) is -0.168. The van der Waals surface area contributed by atoms with E-state index in [2.05, 4.69) is 16.0 Å². The van der Waals surface area contributed by atoms with Crippen LogP contribution in [-0.2, 0) is 9.59 Å². The molecule has 4 amide bonds. The van der Waals surface area contributed by atoms with Crippen LogP contribution in [0.5, 0.6) is 0 Å². The second-order valence-electron chi connectivity index (χ2n) is 6.10. The lowest BCUT2D eigenvalue weighted by Crippen LogP contribution is -2.39. The average molecular weight is 352 g/mol. The number of carbonyl (C=O) groups is 3. The monoisotopic (exact) mass is 352 g/mol.